The van der Waals surface area contributed by atoms with Crippen LogP contribution in [0.3, 0.4) is 0 Å². The van der Waals surface area contributed by atoms with Gasteiger partial charge in [-0.25, -0.2) is 10.0 Å². The fourth-order valence-corrected chi connectivity index (χ4v) is 4.98. The van der Waals surface area contributed by atoms with E-state index < -0.39 is 0 Å². The van der Waals surface area contributed by atoms with E-state index in [1.807, 2.05) is 27.7 Å². The summed E-state index contributed by atoms with van der Waals surface area (Å²) in [6, 6.07) is 0. The molecule has 1 rings (SSSR count). The number of nitrogens with one attached hydrogen (secondary N) is 1. The Balaban J connectivity index is 0.00000631. The van der Waals surface area contributed by atoms with Crippen LogP contribution in [0.15, 0.2) is 0 Å². The van der Waals surface area contributed by atoms with E-state index in [2.05, 4.69) is 82.7 Å². The van der Waals surface area contributed by atoms with E-state index in [0.717, 1.165) is 45.8 Å². The Kier molecular flexibility index (Phi) is 16.1. The fourth-order valence-electron chi connectivity index (χ4n) is 4.98. The number of carbonyl (C=O) groups is 1. The molecule has 0 aliphatic carbocycles. The molecule has 0 spiro atoms. The minimum atomic E-state index is -0.343. The third-order valence-electron chi connectivity index (χ3n) is 7.68. The molecule has 0 bridgehead atoms. The van der Waals surface area contributed by atoms with Gasteiger partial charge in [0, 0.05) is 51.9 Å². The molecule has 7 nitrogen and oxygen atoms in total. The number of carbonyl (C=O) groups excluding carboxylic acids is 1. The highest BCUT2D eigenvalue weighted by Crippen LogP contribution is 2.26. The van der Waals surface area contributed by atoms with Gasteiger partial charge in [0.05, 0.1) is 24.7 Å². The lowest BCUT2D eigenvalue weighted by atomic mass is 9.91. The lowest BCUT2D eigenvalue weighted by Crippen LogP contribution is -2.60. The second-order valence-corrected chi connectivity index (χ2v) is 13.2. The van der Waals surface area contributed by atoms with Gasteiger partial charge in [-0.1, -0.05) is 61.8 Å². The first-order valence-electron chi connectivity index (χ1n) is 14.8. The second-order valence-electron chi connectivity index (χ2n) is 13.2. The first-order chi connectivity index (χ1) is 17.0. The summed E-state index contributed by atoms with van der Waals surface area (Å²) in [7, 11) is 2.15. The zero-order valence-electron chi connectivity index (χ0n) is 26.9. The van der Waals surface area contributed by atoms with Crippen molar-refractivity contribution in [2.75, 3.05) is 59.5 Å². The number of hydrazine groups is 1. The number of ether oxygens (including phenoxy) is 1. The Morgan fingerprint density at radius 2 is 1.57 bits per heavy atom. The van der Waals surface area contributed by atoms with Crippen molar-refractivity contribution in [2.24, 2.45) is 23.2 Å². The van der Waals surface area contributed by atoms with Gasteiger partial charge in [-0.05, 0) is 51.4 Å². The van der Waals surface area contributed by atoms with Crippen LogP contribution in [0.5, 0.6) is 0 Å². The predicted octanol–water partition coefficient (Wildman–Crippen LogP) is 4.89. The zero-order chi connectivity index (χ0) is 29.0. The molecule has 1 fully saturated rings. The van der Waals surface area contributed by atoms with Gasteiger partial charge in [0.15, 0.2) is 0 Å². The zero-order valence-corrected chi connectivity index (χ0v) is 26.9. The van der Waals surface area contributed by atoms with Gasteiger partial charge in [-0.3, -0.25) is 9.69 Å². The van der Waals surface area contributed by atoms with Gasteiger partial charge in [-0.15, -0.1) is 0 Å². The Hall–Kier alpha value is -0.730. The molecule has 0 radical (unpaired) electrons. The molecule has 0 aromatic rings. The van der Waals surface area contributed by atoms with Crippen molar-refractivity contribution in [3.63, 3.8) is 0 Å². The Labute approximate surface area is 230 Å². The second kappa shape index (κ2) is 16.4. The number of nitrogens with zero attached hydrogens (tertiary/aromatic N) is 3. The first-order valence-corrected chi connectivity index (χ1v) is 14.8. The molecule has 1 heterocycles. The van der Waals surface area contributed by atoms with Gasteiger partial charge in [0.25, 0.3) is 0 Å². The summed E-state index contributed by atoms with van der Waals surface area (Å²) in [5.74, 6) is 0.409. The lowest BCUT2D eigenvalue weighted by Gasteiger charge is -2.47. The summed E-state index contributed by atoms with van der Waals surface area (Å²) in [6.07, 6.45) is 2.28. The van der Waals surface area contributed by atoms with Gasteiger partial charge in [-0.2, -0.15) is 0 Å². The first kappa shape index (κ1) is 36.3. The van der Waals surface area contributed by atoms with Crippen LogP contribution in [-0.4, -0.2) is 96.6 Å². The molecule has 1 aliphatic rings. The van der Waals surface area contributed by atoms with Crippen LogP contribution in [0.2, 0.25) is 0 Å². The highest BCUT2D eigenvalue weighted by molar-refractivity contribution is 5.79. The van der Waals surface area contributed by atoms with Crippen molar-refractivity contribution in [2.45, 2.75) is 107 Å². The lowest BCUT2D eigenvalue weighted by molar-refractivity contribution is -0.128. The maximum Gasteiger partial charge on any atom is 0.225 e. The Morgan fingerprint density at radius 1 is 1.03 bits per heavy atom. The van der Waals surface area contributed by atoms with Gasteiger partial charge >= 0.3 is 0 Å². The summed E-state index contributed by atoms with van der Waals surface area (Å²) >= 11 is 0. The van der Waals surface area contributed by atoms with Gasteiger partial charge < -0.3 is 15.2 Å². The number of hydrogen-bond acceptors (Lipinski definition) is 6. The van der Waals surface area contributed by atoms with E-state index in [1.165, 1.54) is 6.42 Å². The van der Waals surface area contributed by atoms with Crippen LogP contribution in [0.4, 0.5) is 0 Å². The van der Waals surface area contributed by atoms with E-state index in [0.29, 0.717) is 12.5 Å². The summed E-state index contributed by atoms with van der Waals surface area (Å²) in [6.45, 7) is 32.0. The quantitative estimate of drug-likeness (QED) is 0.315. The van der Waals surface area contributed by atoms with Crippen LogP contribution in [0.25, 0.3) is 0 Å². The van der Waals surface area contributed by atoms with Crippen molar-refractivity contribution < 1.29 is 14.6 Å². The van der Waals surface area contributed by atoms with Crippen LogP contribution in [0.1, 0.15) is 95.9 Å². The predicted molar refractivity (Wildman–Crippen MR) is 158 cm³/mol. The fraction of sp³-hybridized carbons (Fsp3) is 0.967. The molecule has 7 heteroatoms. The number of amides is 1. The minimum absolute atomic E-state index is 0.000593. The molecule has 0 aromatic carbocycles. The van der Waals surface area contributed by atoms with Crippen LogP contribution in [0, 0.1) is 23.2 Å². The summed E-state index contributed by atoms with van der Waals surface area (Å²) in [5.41, 5.74) is -0.171. The maximum absolute atomic E-state index is 12.5. The normalized spacial score (nSPS) is 17.9. The Bertz CT molecular complexity index is 628. The van der Waals surface area contributed by atoms with E-state index in [-0.39, 0.29) is 40.9 Å². The average Bonchev–Trinajstić information content (AvgIpc) is 2.82. The largest absolute Gasteiger partial charge is 0.396 e. The summed E-state index contributed by atoms with van der Waals surface area (Å²) < 4.78 is 6.43. The molecule has 2 N–H and O–H groups in total. The van der Waals surface area contributed by atoms with Gasteiger partial charge in [0.2, 0.25) is 5.91 Å². The van der Waals surface area contributed by atoms with Crippen molar-refractivity contribution in [3.05, 3.63) is 0 Å². The molecular formula is C30H64N4O3. The highest BCUT2D eigenvalue weighted by atomic mass is 16.5. The minimum Gasteiger partial charge on any atom is -0.396 e. The number of piperazine rings is 1. The number of hydrogen-bond donors (Lipinski definition) is 2. The standard InChI is InChI=1S/C28H58N4O3.C2H6/c1-12-23(4)17-28(9,10)35-21-27(7,8)31-13-15-32(16-14-31)30(11)20-26(5,6)19-29-25(34)24(18-33)22(2)3;1-2/h22-24,33H,12-21H2,1-11H3,(H,29,34);1-2H3. The summed E-state index contributed by atoms with van der Waals surface area (Å²) in [4.78, 5) is 15.0. The molecule has 0 aromatic heterocycles. The maximum atomic E-state index is 12.5. The van der Waals surface area contributed by atoms with Crippen LogP contribution < -0.4 is 5.32 Å². The third-order valence-corrected chi connectivity index (χ3v) is 7.68. The molecule has 1 aliphatic heterocycles. The molecule has 0 saturated carbocycles. The molecular weight excluding hydrogens is 464 g/mol. The smallest absolute Gasteiger partial charge is 0.225 e. The van der Waals surface area contributed by atoms with E-state index >= 15 is 0 Å². The Morgan fingerprint density at radius 3 is 2.03 bits per heavy atom. The average molecular weight is 529 g/mol. The number of aliphatic hydroxyl groups excluding tert-OH is 1. The van der Waals surface area contributed by atoms with E-state index in [1.54, 1.807) is 0 Å². The molecule has 1 saturated heterocycles. The third kappa shape index (κ3) is 13.3. The molecule has 2 atom stereocenters. The van der Waals surface area contributed by atoms with E-state index in [9.17, 15) is 9.90 Å². The monoisotopic (exact) mass is 528 g/mol. The number of rotatable bonds is 15. The van der Waals surface area contributed by atoms with E-state index in [4.69, 9.17) is 4.74 Å². The van der Waals surface area contributed by atoms with Crippen molar-refractivity contribution in [1.29, 1.82) is 0 Å². The number of aliphatic hydroxyl groups is 1. The molecule has 2 unspecified atom stereocenters. The molecule has 37 heavy (non-hydrogen) atoms. The topological polar surface area (TPSA) is 68.3 Å². The van der Waals surface area contributed by atoms with Crippen LogP contribution in [-0.2, 0) is 9.53 Å². The van der Waals surface area contributed by atoms with Crippen molar-refractivity contribution in [3.8, 4) is 0 Å². The van der Waals surface area contributed by atoms with Gasteiger partial charge in [0.1, 0.15) is 0 Å². The van der Waals surface area contributed by atoms with Crippen LogP contribution >= 0.6 is 0 Å². The van der Waals surface area contributed by atoms with Crippen molar-refractivity contribution >= 4 is 5.91 Å². The highest BCUT2D eigenvalue weighted by Gasteiger charge is 2.34. The van der Waals surface area contributed by atoms with Crippen molar-refractivity contribution in [1.82, 2.24) is 20.2 Å². The SMILES string of the molecule is CC.CCC(C)CC(C)(C)OCC(C)(C)N1CCN(N(C)CC(C)(C)CNC(=O)C(CO)C(C)C)CC1. The molecule has 222 valence electrons. The molecule has 1 amide bonds. The summed E-state index contributed by atoms with van der Waals surface area (Å²) in [5, 5.41) is 17.3.